The van der Waals surface area contributed by atoms with Crippen molar-refractivity contribution in [3.8, 4) is 0 Å². The van der Waals surface area contributed by atoms with Gasteiger partial charge in [0.1, 0.15) is 5.82 Å². The van der Waals surface area contributed by atoms with Crippen molar-refractivity contribution in [3.05, 3.63) is 29.6 Å². The minimum atomic E-state index is -0.338. The van der Waals surface area contributed by atoms with Crippen LogP contribution in [0.4, 0.5) is 10.1 Å². The molecule has 1 aromatic rings. The summed E-state index contributed by atoms with van der Waals surface area (Å²) in [6.45, 7) is 1.26. The van der Waals surface area contributed by atoms with Crippen LogP contribution in [0.3, 0.4) is 0 Å². The van der Waals surface area contributed by atoms with Crippen molar-refractivity contribution in [2.24, 2.45) is 0 Å². The minimum absolute atomic E-state index is 0.179. The highest BCUT2D eigenvalue weighted by molar-refractivity contribution is 5.76. The highest BCUT2D eigenvalue weighted by Crippen LogP contribution is 2.19. The van der Waals surface area contributed by atoms with Crippen LogP contribution in [0, 0.1) is 5.82 Å². The molecule has 0 aromatic heterocycles. The molecule has 0 spiro atoms. The number of hydrogen-bond donors (Lipinski definition) is 1. The molecule has 0 radical (unpaired) electrons. The first kappa shape index (κ1) is 12.9. The molecule has 1 fully saturated rings. The van der Waals surface area contributed by atoms with Crippen LogP contribution in [0.15, 0.2) is 18.2 Å². The van der Waals surface area contributed by atoms with E-state index >= 15 is 0 Å². The van der Waals surface area contributed by atoms with Gasteiger partial charge in [0.2, 0.25) is 5.91 Å². The molecule has 1 saturated heterocycles. The maximum absolute atomic E-state index is 13.0. The fraction of sp³-hybridized carbons (Fsp3) is 0.500. The predicted octanol–water partition coefficient (Wildman–Crippen LogP) is 2.70. The Morgan fingerprint density at radius 2 is 2.00 bits per heavy atom. The lowest BCUT2D eigenvalue weighted by atomic mass is 10.1. The van der Waals surface area contributed by atoms with E-state index in [-0.39, 0.29) is 11.7 Å². The third-order valence-corrected chi connectivity index (χ3v) is 3.39. The average molecular weight is 250 g/mol. The van der Waals surface area contributed by atoms with Gasteiger partial charge < -0.3 is 10.6 Å². The number of anilines is 1. The zero-order chi connectivity index (χ0) is 13.0. The summed E-state index contributed by atoms with van der Waals surface area (Å²) in [6.07, 6.45) is 4.92. The number of likely N-dealkylation sites (tertiary alicyclic amines) is 1. The normalized spacial score (nSPS) is 17.4. The summed E-state index contributed by atoms with van der Waals surface area (Å²) in [5.41, 5.74) is 7.02. The van der Waals surface area contributed by atoms with Gasteiger partial charge in [-0.3, -0.25) is 4.79 Å². The largest absolute Gasteiger partial charge is 0.398 e. The fourth-order valence-electron chi connectivity index (χ4n) is 2.30. The van der Waals surface area contributed by atoms with Gasteiger partial charge in [0.25, 0.3) is 0 Å². The van der Waals surface area contributed by atoms with Crippen LogP contribution in [0.5, 0.6) is 0 Å². The van der Waals surface area contributed by atoms with Crippen molar-refractivity contribution < 1.29 is 9.18 Å². The molecule has 4 heteroatoms. The molecule has 18 heavy (non-hydrogen) atoms. The van der Waals surface area contributed by atoms with Crippen LogP contribution in [0.25, 0.3) is 0 Å². The zero-order valence-electron chi connectivity index (χ0n) is 10.5. The van der Waals surface area contributed by atoms with Crippen molar-refractivity contribution in [2.45, 2.75) is 38.6 Å². The molecule has 2 N–H and O–H groups in total. The van der Waals surface area contributed by atoms with Gasteiger partial charge in [-0.2, -0.15) is 0 Å². The fourth-order valence-corrected chi connectivity index (χ4v) is 2.30. The second-order valence-electron chi connectivity index (χ2n) is 4.82. The Kier molecular flexibility index (Phi) is 4.18. The maximum Gasteiger partial charge on any atom is 0.222 e. The summed E-state index contributed by atoms with van der Waals surface area (Å²) in [6, 6.07) is 4.36. The van der Waals surface area contributed by atoms with Crippen molar-refractivity contribution in [3.63, 3.8) is 0 Å². The average Bonchev–Trinajstić information content (AvgIpc) is 2.31. The van der Waals surface area contributed by atoms with Crippen LogP contribution in [-0.2, 0) is 11.3 Å². The lowest BCUT2D eigenvalue weighted by Gasteiger charge is -2.25. The predicted molar refractivity (Wildman–Crippen MR) is 69.3 cm³/mol. The number of carbonyl (C=O) groups is 1. The van der Waals surface area contributed by atoms with Gasteiger partial charge in [-0.15, -0.1) is 0 Å². The van der Waals surface area contributed by atoms with E-state index in [2.05, 4.69) is 0 Å². The number of benzene rings is 1. The van der Waals surface area contributed by atoms with E-state index in [1.807, 2.05) is 4.90 Å². The number of nitrogens with zero attached hydrogens (tertiary/aromatic N) is 1. The van der Waals surface area contributed by atoms with E-state index in [1.165, 1.54) is 18.6 Å². The number of carbonyl (C=O) groups excluding carboxylic acids is 1. The Morgan fingerprint density at radius 3 is 2.78 bits per heavy atom. The number of rotatable bonds is 2. The second kappa shape index (κ2) is 5.85. The van der Waals surface area contributed by atoms with Gasteiger partial charge in [-0.25, -0.2) is 4.39 Å². The zero-order valence-corrected chi connectivity index (χ0v) is 10.5. The molecular weight excluding hydrogens is 231 g/mol. The first-order valence-corrected chi connectivity index (χ1v) is 6.48. The van der Waals surface area contributed by atoms with Gasteiger partial charge in [-0.05, 0) is 30.5 Å². The minimum Gasteiger partial charge on any atom is -0.398 e. The number of nitrogens with two attached hydrogens (primary N) is 1. The van der Waals surface area contributed by atoms with Crippen LogP contribution >= 0.6 is 0 Å². The lowest BCUT2D eigenvalue weighted by Crippen LogP contribution is -2.32. The molecule has 0 atom stereocenters. The highest BCUT2D eigenvalue weighted by Gasteiger charge is 2.16. The van der Waals surface area contributed by atoms with Crippen molar-refractivity contribution in [1.29, 1.82) is 0 Å². The van der Waals surface area contributed by atoms with Gasteiger partial charge in [0.05, 0.1) is 0 Å². The van der Waals surface area contributed by atoms with Crippen molar-refractivity contribution in [2.75, 3.05) is 12.3 Å². The molecule has 2 rings (SSSR count). The lowest BCUT2D eigenvalue weighted by molar-refractivity contribution is -0.132. The summed E-state index contributed by atoms with van der Waals surface area (Å²) >= 11 is 0. The molecule has 1 aliphatic heterocycles. The third-order valence-electron chi connectivity index (χ3n) is 3.39. The van der Waals surface area contributed by atoms with E-state index in [0.29, 0.717) is 18.7 Å². The standard InChI is InChI=1S/C14H19FN2O/c15-12-7-6-11(13(16)9-12)10-17-8-4-2-1-3-5-14(17)18/h6-7,9H,1-5,8,10,16H2. The van der Waals surface area contributed by atoms with Crippen LogP contribution in [0.1, 0.15) is 37.7 Å². The van der Waals surface area contributed by atoms with Crippen LogP contribution in [0.2, 0.25) is 0 Å². The molecule has 0 aliphatic carbocycles. The van der Waals surface area contributed by atoms with E-state index in [4.69, 9.17) is 5.73 Å². The SMILES string of the molecule is Nc1cc(F)ccc1CN1CCCCCCC1=O. The van der Waals surface area contributed by atoms with Gasteiger partial charge in [-0.1, -0.05) is 18.9 Å². The van der Waals surface area contributed by atoms with Crippen molar-refractivity contribution >= 4 is 11.6 Å². The molecule has 0 unspecified atom stereocenters. The number of hydrogen-bond acceptors (Lipinski definition) is 2. The molecule has 98 valence electrons. The number of halogens is 1. The van der Waals surface area contributed by atoms with E-state index in [1.54, 1.807) is 6.07 Å². The summed E-state index contributed by atoms with van der Waals surface area (Å²) in [4.78, 5) is 13.8. The Labute approximate surface area is 107 Å². The summed E-state index contributed by atoms with van der Waals surface area (Å²) in [7, 11) is 0. The maximum atomic E-state index is 13.0. The Balaban J connectivity index is 2.08. The quantitative estimate of drug-likeness (QED) is 0.820. The van der Waals surface area contributed by atoms with Crippen LogP contribution in [-0.4, -0.2) is 17.4 Å². The van der Waals surface area contributed by atoms with E-state index in [9.17, 15) is 9.18 Å². The monoisotopic (exact) mass is 250 g/mol. The Morgan fingerprint density at radius 1 is 1.22 bits per heavy atom. The summed E-state index contributed by atoms with van der Waals surface area (Å²) in [5.74, 6) is -0.159. The van der Waals surface area contributed by atoms with Gasteiger partial charge in [0, 0.05) is 25.2 Å². The molecule has 0 saturated carbocycles. The number of amides is 1. The molecule has 1 amide bonds. The summed E-state index contributed by atoms with van der Waals surface area (Å²) < 4.78 is 13.0. The highest BCUT2D eigenvalue weighted by atomic mass is 19.1. The molecule has 1 aromatic carbocycles. The molecule has 1 aliphatic rings. The van der Waals surface area contributed by atoms with Gasteiger partial charge in [0.15, 0.2) is 0 Å². The Bertz CT molecular complexity index is 434. The Hall–Kier alpha value is -1.58. The topological polar surface area (TPSA) is 46.3 Å². The number of nitrogen functional groups attached to an aromatic ring is 1. The van der Waals surface area contributed by atoms with Gasteiger partial charge >= 0.3 is 0 Å². The smallest absolute Gasteiger partial charge is 0.222 e. The third kappa shape index (κ3) is 3.22. The first-order chi connectivity index (χ1) is 8.66. The van der Waals surface area contributed by atoms with Crippen LogP contribution < -0.4 is 5.73 Å². The molecule has 0 bridgehead atoms. The van der Waals surface area contributed by atoms with E-state index < -0.39 is 0 Å². The van der Waals surface area contributed by atoms with Crippen molar-refractivity contribution in [1.82, 2.24) is 4.90 Å². The molecule has 1 heterocycles. The first-order valence-electron chi connectivity index (χ1n) is 6.48. The summed E-state index contributed by atoms with van der Waals surface area (Å²) in [5, 5.41) is 0. The molecular formula is C14H19FN2O. The van der Waals surface area contributed by atoms with E-state index in [0.717, 1.165) is 31.4 Å². The second-order valence-corrected chi connectivity index (χ2v) is 4.82. The molecule has 3 nitrogen and oxygen atoms in total.